The van der Waals surface area contributed by atoms with E-state index in [0.29, 0.717) is 29.8 Å². The van der Waals surface area contributed by atoms with Gasteiger partial charge in [-0.1, -0.05) is 6.42 Å². The predicted octanol–water partition coefficient (Wildman–Crippen LogP) is 5.18. The van der Waals surface area contributed by atoms with Gasteiger partial charge in [0.05, 0.1) is 24.4 Å². The van der Waals surface area contributed by atoms with Crippen LogP contribution in [0.1, 0.15) is 44.9 Å². The van der Waals surface area contributed by atoms with Gasteiger partial charge in [-0.2, -0.15) is 0 Å². The van der Waals surface area contributed by atoms with Gasteiger partial charge < -0.3 is 13.6 Å². The molecule has 5 heteroatoms. The van der Waals surface area contributed by atoms with Crippen molar-refractivity contribution in [1.82, 2.24) is 0 Å². The van der Waals surface area contributed by atoms with Crippen molar-refractivity contribution >= 4 is 16.6 Å². The lowest BCUT2D eigenvalue weighted by molar-refractivity contribution is 0.170. The SMILES string of the molecule is C[Si](C)(CCC1CC2CC1C1OC21)O[Si](C)(C)CCC12CCC(C1)C1OC12. The quantitative estimate of drug-likeness (QED) is 0.411. The third-order valence-corrected chi connectivity index (χ3v) is 16.8. The summed E-state index contributed by atoms with van der Waals surface area (Å²) in [5.74, 6) is 3.66. The van der Waals surface area contributed by atoms with E-state index >= 15 is 0 Å². The Morgan fingerprint density at radius 3 is 2.44 bits per heavy atom. The topological polar surface area (TPSA) is 34.3 Å². The molecule has 27 heavy (non-hydrogen) atoms. The second-order valence-electron chi connectivity index (χ2n) is 12.3. The van der Waals surface area contributed by atoms with Crippen molar-refractivity contribution in [3.8, 4) is 0 Å². The van der Waals surface area contributed by atoms with Gasteiger partial charge in [-0.05, 0) is 106 Å². The van der Waals surface area contributed by atoms with Crippen LogP contribution in [0.5, 0.6) is 0 Å². The first-order chi connectivity index (χ1) is 12.8. The summed E-state index contributed by atoms with van der Waals surface area (Å²) >= 11 is 0. The van der Waals surface area contributed by atoms with Crippen LogP contribution in [0.15, 0.2) is 0 Å². The van der Waals surface area contributed by atoms with Gasteiger partial charge in [-0.25, -0.2) is 0 Å². The van der Waals surface area contributed by atoms with Crippen LogP contribution in [0.2, 0.25) is 38.3 Å². The molecule has 9 atom stereocenters. The third kappa shape index (κ3) is 2.97. The summed E-state index contributed by atoms with van der Waals surface area (Å²) in [6.07, 6.45) is 12.7. The molecule has 6 fully saturated rings. The summed E-state index contributed by atoms with van der Waals surface area (Å²) in [7, 11) is -3.14. The van der Waals surface area contributed by atoms with Crippen molar-refractivity contribution in [3.63, 3.8) is 0 Å². The van der Waals surface area contributed by atoms with Gasteiger partial charge in [0.25, 0.3) is 0 Å². The fourth-order valence-corrected chi connectivity index (χ4v) is 17.0. The zero-order valence-corrected chi connectivity index (χ0v) is 19.7. The van der Waals surface area contributed by atoms with Crippen LogP contribution in [0.4, 0.5) is 0 Å². The highest BCUT2D eigenvalue weighted by Gasteiger charge is 2.67. The van der Waals surface area contributed by atoms with Crippen molar-refractivity contribution in [2.75, 3.05) is 0 Å². The maximum atomic E-state index is 7.02. The van der Waals surface area contributed by atoms with Crippen LogP contribution >= 0.6 is 0 Å². The molecule has 6 aliphatic rings. The normalized spacial score (nSPS) is 51.6. The minimum absolute atomic E-state index is 0.554. The maximum Gasteiger partial charge on any atom is 0.173 e. The van der Waals surface area contributed by atoms with Crippen LogP contribution in [0, 0.1) is 29.1 Å². The molecule has 3 nitrogen and oxygen atoms in total. The van der Waals surface area contributed by atoms with Gasteiger partial charge in [-0.15, -0.1) is 0 Å². The molecule has 9 unspecified atom stereocenters. The van der Waals surface area contributed by atoms with Gasteiger partial charge in [0.1, 0.15) is 0 Å². The van der Waals surface area contributed by atoms with E-state index in [4.69, 9.17) is 13.6 Å². The Hall–Kier alpha value is 0.314. The Labute approximate surface area is 167 Å². The molecule has 152 valence electrons. The number of fused-ring (bicyclic) bond motifs is 10. The smallest absolute Gasteiger partial charge is 0.173 e. The second kappa shape index (κ2) is 5.72. The molecule has 4 aliphatic carbocycles. The van der Waals surface area contributed by atoms with E-state index in [-0.39, 0.29) is 0 Å². The van der Waals surface area contributed by atoms with E-state index in [1.807, 2.05) is 0 Å². The molecule has 0 spiro atoms. The van der Waals surface area contributed by atoms with Gasteiger partial charge in [0.15, 0.2) is 16.6 Å². The maximum absolute atomic E-state index is 7.02. The molecule has 0 radical (unpaired) electrons. The zero-order valence-electron chi connectivity index (χ0n) is 17.7. The molecular formula is C22H38O3Si2. The van der Waals surface area contributed by atoms with Crippen LogP contribution in [-0.2, 0) is 13.6 Å². The van der Waals surface area contributed by atoms with Crippen LogP contribution < -0.4 is 0 Å². The Kier molecular flexibility index (Phi) is 3.83. The molecule has 2 saturated heterocycles. The number of hydrogen-bond donors (Lipinski definition) is 0. The van der Waals surface area contributed by atoms with Crippen molar-refractivity contribution in [1.29, 1.82) is 0 Å². The first-order valence-corrected chi connectivity index (χ1v) is 18.0. The van der Waals surface area contributed by atoms with Gasteiger partial charge in [0.2, 0.25) is 0 Å². The number of hydrogen-bond acceptors (Lipinski definition) is 3. The van der Waals surface area contributed by atoms with Crippen molar-refractivity contribution in [3.05, 3.63) is 0 Å². The van der Waals surface area contributed by atoms with Crippen LogP contribution in [-0.4, -0.2) is 41.1 Å². The summed E-state index contributed by atoms with van der Waals surface area (Å²) in [4.78, 5) is 0. The first kappa shape index (κ1) is 18.1. The van der Waals surface area contributed by atoms with E-state index in [1.165, 1.54) is 57.0 Å². The van der Waals surface area contributed by atoms with Crippen molar-refractivity contribution in [2.45, 2.75) is 108 Å². The molecule has 4 saturated carbocycles. The molecule has 6 rings (SSSR count). The van der Waals surface area contributed by atoms with Crippen molar-refractivity contribution in [2.24, 2.45) is 29.1 Å². The number of rotatable bonds is 8. The van der Waals surface area contributed by atoms with Crippen LogP contribution in [0.25, 0.3) is 0 Å². The molecule has 0 aromatic heterocycles. The molecular weight excluding hydrogens is 368 g/mol. The standard InChI is InChI=1S/C22H38O3Si2/c1-26(2,9-6-14-11-16-12-17(14)20-18(16)23-20)25-27(3,4)10-8-22-7-5-15(13-22)19-21(22)24-19/h14-21H,5-13H2,1-4H3. The Balaban J connectivity index is 1.01. The lowest BCUT2D eigenvalue weighted by Crippen LogP contribution is -2.45. The Morgan fingerprint density at radius 1 is 0.926 bits per heavy atom. The van der Waals surface area contributed by atoms with Gasteiger partial charge in [0, 0.05) is 0 Å². The summed E-state index contributed by atoms with van der Waals surface area (Å²) in [5.41, 5.74) is 0.554. The average molecular weight is 407 g/mol. The fraction of sp³-hybridized carbons (Fsp3) is 1.00. The summed E-state index contributed by atoms with van der Waals surface area (Å²) < 4.78 is 18.9. The first-order valence-electron chi connectivity index (χ1n) is 11.8. The minimum atomic E-state index is -1.58. The molecule has 2 aliphatic heterocycles. The van der Waals surface area contributed by atoms with E-state index in [2.05, 4.69) is 26.2 Å². The molecule has 0 aromatic rings. The van der Waals surface area contributed by atoms with Crippen molar-refractivity contribution < 1.29 is 13.6 Å². The van der Waals surface area contributed by atoms with E-state index in [9.17, 15) is 0 Å². The minimum Gasteiger partial charge on any atom is -0.455 e. The zero-order chi connectivity index (χ0) is 18.6. The van der Waals surface area contributed by atoms with E-state index in [1.54, 1.807) is 0 Å². The summed E-state index contributed by atoms with van der Waals surface area (Å²) in [5, 5.41) is 0. The highest BCUT2D eigenvalue weighted by molar-refractivity contribution is 6.84. The number of epoxide rings is 2. The Morgan fingerprint density at radius 2 is 1.74 bits per heavy atom. The lowest BCUT2D eigenvalue weighted by atomic mass is 9.81. The average Bonchev–Trinajstić information content (AvgIpc) is 3.45. The van der Waals surface area contributed by atoms with Crippen LogP contribution in [0.3, 0.4) is 0 Å². The molecule has 2 heterocycles. The summed E-state index contributed by atoms with van der Waals surface area (Å²) in [6, 6.07) is 2.70. The predicted molar refractivity (Wildman–Crippen MR) is 112 cm³/mol. The van der Waals surface area contributed by atoms with E-state index < -0.39 is 16.6 Å². The highest BCUT2D eigenvalue weighted by atomic mass is 28.4. The molecule has 0 N–H and O–H groups in total. The summed E-state index contributed by atoms with van der Waals surface area (Å²) in [6.45, 7) is 9.96. The largest absolute Gasteiger partial charge is 0.455 e. The fourth-order valence-electron chi connectivity index (χ4n) is 8.08. The molecule has 0 aromatic carbocycles. The lowest BCUT2D eigenvalue weighted by Gasteiger charge is -2.37. The molecule has 4 bridgehead atoms. The van der Waals surface area contributed by atoms with Gasteiger partial charge >= 0.3 is 0 Å². The second-order valence-corrected chi connectivity index (χ2v) is 21.1. The third-order valence-electron chi connectivity index (χ3n) is 9.40. The number of ether oxygens (including phenoxy) is 2. The van der Waals surface area contributed by atoms with Gasteiger partial charge in [-0.3, -0.25) is 0 Å². The monoisotopic (exact) mass is 406 g/mol. The van der Waals surface area contributed by atoms with E-state index in [0.717, 1.165) is 23.7 Å². The highest BCUT2D eigenvalue weighted by Crippen LogP contribution is 2.66. The molecule has 0 amide bonds. The Bertz CT molecular complexity index is 637.